The summed E-state index contributed by atoms with van der Waals surface area (Å²) in [5, 5.41) is 2.49. The molecule has 0 radical (unpaired) electrons. The van der Waals surface area contributed by atoms with Gasteiger partial charge in [-0.25, -0.2) is 4.98 Å². The SMILES string of the molecule is O=C(Nc1cccc(C(F)(F)F)c1)c1ccccc1OCc1cn2ccccc2n1. The van der Waals surface area contributed by atoms with Gasteiger partial charge in [0, 0.05) is 18.1 Å². The predicted molar refractivity (Wildman–Crippen MR) is 105 cm³/mol. The number of aromatic nitrogens is 2. The fourth-order valence-corrected chi connectivity index (χ4v) is 2.96. The van der Waals surface area contributed by atoms with E-state index >= 15 is 0 Å². The average molecular weight is 411 g/mol. The van der Waals surface area contributed by atoms with E-state index in [-0.39, 0.29) is 17.9 Å². The maximum Gasteiger partial charge on any atom is 0.416 e. The first-order valence-corrected chi connectivity index (χ1v) is 9.03. The number of hydrogen-bond acceptors (Lipinski definition) is 3. The number of benzene rings is 2. The fourth-order valence-electron chi connectivity index (χ4n) is 2.96. The highest BCUT2D eigenvalue weighted by Gasteiger charge is 2.30. The van der Waals surface area contributed by atoms with Crippen LogP contribution in [0.4, 0.5) is 18.9 Å². The van der Waals surface area contributed by atoms with E-state index in [1.807, 2.05) is 35.0 Å². The molecule has 4 aromatic rings. The van der Waals surface area contributed by atoms with Crippen molar-refractivity contribution in [2.45, 2.75) is 12.8 Å². The highest BCUT2D eigenvalue weighted by atomic mass is 19.4. The number of hydrogen-bond donors (Lipinski definition) is 1. The second-order valence-corrected chi connectivity index (χ2v) is 6.52. The van der Waals surface area contributed by atoms with Crippen molar-refractivity contribution in [3.63, 3.8) is 0 Å². The average Bonchev–Trinajstić information content (AvgIpc) is 3.15. The molecule has 0 aliphatic heterocycles. The first-order valence-electron chi connectivity index (χ1n) is 9.03. The number of fused-ring (bicyclic) bond motifs is 1. The Morgan fingerprint density at radius 2 is 1.83 bits per heavy atom. The number of rotatable bonds is 5. The molecule has 0 fully saturated rings. The minimum atomic E-state index is -4.49. The largest absolute Gasteiger partial charge is 0.486 e. The molecule has 4 rings (SSSR count). The van der Waals surface area contributed by atoms with E-state index in [0.29, 0.717) is 11.4 Å². The molecule has 0 bridgehead atoms. The molecule has 0 unspecified atom stereocenters. The zero-order valence-electron chi connectivity index (χ0n) is 15.6. The lowest BCUT2D eigenvalue weighted by atomic mass is 10.1. The molecule has 2 heterocycles. The van der Waals surface area contributed by atoms with Crippen LogP contribution in [0, 0.1) is 0 Å². The number of imidazole rings is 1. The summed E-state index contributed by atoms with van der Waals surface area (Å²) in [6.07, 6.45) is -0.807. The van der Waals surface area contributed by atoms with E-state index in [9.17, 15) is 18.0 Å². The van der Waals surface area contributed by atoms with Gasteiger partial charge in [-0.05, 0) is 42.5 Å². The molecule has 2 aromatic carbocycles. The Labute approximate surface area is 169 Å². The van der Waals surface area contributed by atoms with Gasteiger partial charge in [-0.15, -0.1) is 0 Å². The van der Waals surface area contributed by atoms with E-state index < -0.39 is 17.6 Å². The van der Waals surface area contributed by atoms with E-state index in [1.165, 1.54) is 12.1 Å². The molecule has 0 saturated carbocycles. The minimum absolute atomic E-state index is 0.0463. The normalized spacial score (nSPS) is 11.4. The third-order valence-corrected chi connectivity index (χ3v) is 4.37. The third kappa shape index (κ3) is 4.27. The van der Waals surface area contributed by atoms with Gasteiger partial charge in [0.05, 0.1) is 16.8 Å². The van der Waals surface area contributed by atoms with Crippen molar-refractivity contribution >= 4 is 17.2 Å². The number of ether oxygens (including phenoxy) is 1. The van der Waals surface area contributed by atoms with Gasteiger partial charge in [0.1, 0.15) is 18.0 Å². The van der Waals surface area contributed by atoms with Crippen LogP contribution < -0.4 is 10.1 Å². The van der Waals surface area contributed by atoms with Gasteiger partial charge in [0.25, 0.3) is 5.91 Å². The second-order valence-electron chi connectivity index (χ2n) is 6.52. The maximum atomic E-state index is 12.9. The van der Waals surface area contributed by atoms with Gasteiger partial charge in [0.2, 0.25) is 0 Å². The van der Waals surface area contributed by atoms with Crippen LogP contribution in [0.1, 0.15) is 21.6 Å². The zero-order chi connectivity index (χ0) is 21.1. The van der Waals surface area contributed by atoms with Crippen LogP contribution in [-0.4, -0.2) is 15.3 Å². The molecule has 2 aromatic heterocycles. The second kappa shape index (κ2) is 7.90. The van der Waals surface area contributed by atoms with Crippen LogP contribution in [0.2, 0.25) is 0 Å². The molecule has 0 atom stereocenters. The van der Waals surface area contributed by atoms with Crippen LogP contribution in [0.3, 0.4) is 0 Å². The van der Waals surface area contributed by atoms with E-state index in [1.54, 1.807) is 24.3 Å². The minimum Gasteiger partial charge on any atom is -0.486 e. The smallest absolute Gasteiger partial charge is 0.416 e. The summed E-state index contributed by atoms with van der Waals surface area (Å²) in [7, 11) is 0. The number of halogens is 3. The van der Waals surface area contributed by atoms with E-state index in [0.717, 1.165) is 17.8 Å². The first-order chi connectivity index (χ1) is 14.4. The Bertz CT molecular complexity index is 1170. The van der Waals surface area contributed by atoms with Crippen molar-refractivity contribution < 1.29 is 22.7 Å². The highest BCUT2D eigenvalue weighted by molar-refractivity contribution is 6.06. The van der Waals surface area contributed by atoms with Gasteiger partial charge in [-0.2, -0.15) is 13.2 Å². The number of pyridine rings is 1. The van der Waals surface area contributed by atoms with Crippen molar-refractivity contribution in [1.29, 1.82) is 0 Å². The standard InChI is InChI=1S/C22H16F3N3O2/c23-22(24,25)15-6-5-7-16(12-15)27-21(29)18-8-1-2-9-19(18)30-14-17-13-28-11-4-3-10-20(28)26-17/h1-13H,14H2,(H,27,29). The van der Waals surface area contributed by atoms with Crippen molar-refractivity contribution in [3.8, 4) is 5.75 Å². The van der Waals surface area contributed by atoms with E-state index in [4.69, 9.17) is 4.74 Å². The maximum absolute atomic E-state index is 12.9. The number of anilines is 1. The Morgan fingerprint density at radius 1 is 1.03 bits per heavy atom. The lowest BCUT2D eigenvalue weighted by molar-refractivity contribution is -0.137. The Morgan fingerprint density at radius 3 is 2.63 bits per heavy atom. The molecular formula is C22H16F3N3O2. The summed E-state index contributed by atoms with van der Waals surface area (Å²) in [6, 6.07) is 16.6. The zero-order valence-corrected chi connectivity index (χ0v) is 15.6. The molecule has 152 valence electrons. The Hall–Kier alpha value is -3.81. The molecule has 0 aliphatic carbocycles. The Balaban J connectivity index is 1.50. The van der Waals surface area contributed by atoms with Gasteiger partial charge < -0.3 is 14.5 Å². The quantitative estimate of drug-likeness (QED) is 0.492. The number of carbonyl (C=O) groups excluding carboxylic acids is 1. The molecule has 1 amide bonds. The molecule has 8 heteroatoms. The summed E-state index contributed by atoms with van der Waals surface area (Å²) in [5.41, 5.74) is 0.862. The van der Waals surface area contributed by atoms with Crippen molar-refractivity contribution in [2.24, 2.45) is 0 Å². The third-order valence-electron chi connectivity index (χ3n) is 4.37. The van der Waals surface area contributed by atoms with Crippen LogP contribution >= 0.6 is 0 Å². The lowest BCUT2D eigenvalue weighted by Gasteiger charge is -2.12. The number of amides is 1. The summed E-state index contributed by atoms with van der Waals surface area (Å²) in [6.45, 7) is 0.134. The molecule has 0 aliphatic rings. The van der Waals surface area contributed by atoms with Crippen LogP contribution in [0.25, 0.3) is 5.65 Å². The summed E-state index contributed by atoms with van der Waals surface area (Å²) in [5.74, 6) is -0.265. The summed E-state index contributed by atoms with van der Waals surface area (Å²) < 4.78 is 46.3. The number of para-hydroxylation sites is 1. The van der Waals surface area contributed by atoms with Crippen molar-refractivity contribution in [3.05, 3.63) is 95.9 Å². The molecule has 0 spiro atoms. The van der Waals surface area contributed by atoms with Gasteiger partial charge >= 0.3 is 6.18 Å². The lowest BCUT2D eigenvalue weighted by Crippen LogP contribution is -2.14. The monoisotopic (exact) mass is 411 g/mol. The molecular weight excluding hydrogens is 395 g/mol. The van der Waals surface area contributed by atoms with Gasteiger partial charge in [-0.1, -0.05) is 24.3 Å². The van der Waals surface area contributed by atoms with Crippen LogP contribution in [-0.2, 0) is 12.8 Å². The summed E-state index contributed by atoms with van der Waals surface area (Å²) in [4.78, 5) is 17.1. The van der Waals surface area contributed by atoms with E-state index in [2.05, 4.69) is 10.3 Å². The van der Waals surface area contributed by atoms with Gasteiger partial charge in [-0.3, -0.25) is 4.79 Å². The number of carbonyl (C=O) groups is 1. The highest BCUT2D eigenvalue weighted by Crippen LogP contribution is 2.31. The molecule has 5 nitrogen and oxygen atoms in total. The molecule has 1 N–H and O–H groups in total. The Kier molecular flexibility index (Phi) is 5.14. The molecule has 30 heavy (non-hydrogen) atoms. The summed E-state index contributed by atoms with van der Waals surface area (Å²) >= 11 is 0. The molecule has 0 saturated heterocycles. The van der Waals surface area contributed by atoms with Gasteiger partial charge in [0.15, 0.2) is 0 Å². The predicted octanol–water partition coefficient (Wildman–Crippen LogP) is 5.18. The topological polar surface area (TPSA) is 55.6 Å². The number of alkyl halides is 3. The first kappa shape index (κ1) is 19.5. The van der Waals surface area contributed by atoms with Crippen molar-refractivity contribution in [2.75, 3.05) is 5.32 Å². The van der Waals surface area contributed by atoms with Crippen LogP contribution in [0.15, 0.2) is 79.1 Å². The number of nitrogens with zero attached hydrogens (tertiary/aromatic N) is 2. The number of nitrogens with one attached hydrogen (secondary N) is 1. The van der Waals surface area contributed by atoms with Crippen molar-refractivity contribution in [1.82, 2.24) is 9.38 Å². The fraction of sp³-hybridized carbons (Fsp3) is 0.0909. The van der Waals surface area contributed by atoms with Crippen LogP contribution in [0.5, 0.6) is 5.75 Å².